The molecule has 1 aliphatic rings. The van der Waals surface area contributed by atoms with Gasteiger partial charge in [-0.3, -0.25) is 15.0 Å². The highest BCUT2D eigenvalue weighted by Crippen LogP contribution is 2.26. The Morgan fingerprint density at radius 1 is 1.58 bits per heavy atom. The smallest absolute Gasteiger partial charge is 0.292 e. The van der Waals surface area contributed by atoms with Crippen LogP contribution in [0.3, 0.4) is 0 Å². The molecular formula is C13H19N3O3. The summed E-state index contributed by atoms with van der Waals surface area (Å²) >= 11 is 0. The van der Waals surface area contributed by atoms with Gasteiger partial charge >= 0.3 is 0 Å². The Labute approximate surface area is 112 Å². The molecule has 6 heteroatoms. The maximum Gasteiger partial charge on any atom is 0.292 e. The van der Waals surface area contributed by atoms with Crippen molar-refractivity contribution in [1.82, 2.24) is 4.90 Å². The molecule has 1 saturated heterocycles. The Morgan fingerprint density at radius 3 is 3.00 bits per heavy atom. The molecule has 1 aromatic carbocycles. The van der Waals surface area contributed by atoms with E-state index in [9.17, 15) is 10.1 Å². The standard InChI is InChI=1S/C13H19N3O3/c1-10-9-19-6-5-15(10)8-11-3-4-13(16(17)18)12(7-11)14-2/h3-4,7,10,14H,5-6,8-9H2,1-2H3. The number of nitrogens with zero attached hydrogens (tertiary/aromatic N) is 2. The molecule has 1 unspecified atom stereocenters. The number of hydrogen-bond acceptors (Lipinski definition) is 5. The molecule has 0 aliphatic carbocycles. The topological polar surface area (TPSA) is 67.6 Å². The first kappa shape index (κ1) is 13.8. The highest BCUT2D eigenvalue weighted by Gasteiger charge is 2.20. The van der Waals surface area contributed by atoms with E-state index in [0.717, 1.165) is 31.9 Å². The molecule has 0 amide bonds. The number of hydrogen-bond donors (Lipinski definition) is 1. The van der Waals surface area contributed by atoms with E-state index in [1.54, 1.807) is 13.1 Å². The lowest BCUT2D eigenvalue weighted by atomic mass is 10.1. The molecule has 0 bridgehead atoms. The van der Waals surface area contributed by atoms with E-state index >= 15 is 0 Å². The van der Waals surface area contributed by atoms with Crippen molar-refractivity contribution < 1.29 is 9.66 Å². The predicted octanol–water partition coefficient (Wildman–Crippen LogP) is 1.86. The van der Waals surface area contributed by atoms with Crippen molar-refractivity contribution in [3.05, 3.63) is 33.9 Å². The zero-order valence-electron chi connectivity index (χ0n) is 11.3. The number of nitro benzene ring substituents is 1. The molecule has 1 aromatic rings. The summed E-state index contributed by atoms with van der Waals surface area (Å²) in [6, 6.07) is 5.61. The fourth-order valence-electron chi connectivity index (χ4n) is 2.27. The molecule has 19 heavy (non-hydrogen) atoms. The van der Waals surface area contributed by atoms with Crippen molar-refractivity contribution in [1.29, 1.82) is 0 Å². The number of nitro groups is 1. The van der Waals surface area contributed by atoms with Crippen LogP contribution < -0.4 is 5.32 Å². The van der Waals surface area contributed by atoms with Crippen LogP contribution in [0.2, 0.25) is 0 Å². The molecule has 1 atom stereocenters. The van der Waals surface area contributed by atoms with Crippen molar-refractivity contribution in [2.75, 3.05) is 32.1 Å². The van der Waals surface area contributed by atoms with Crippen LogP contribution in [-0.2, 0) is 11.3 Å². The van der Waals surface area contributed by atoms with Gasteiger partial charge in [-0.05, 0) is 18.6 Å². The van der Waals surface area contributed by atoms with Gasteiger partial charge in [-0.2, -0.15) is 0 Å². The van der Waals surface area contributed by atoms with Gasteiger partial charge in [0.05, 0.1) is 18.1 Å². The van der Waals surface area contributed by atoms with Gasteiger partial charge in [-0.15, -0.1) is 0 Å². The fraction of sp³-hybridized carbons (Fsp3) is 0.538. The second kappa shape index (κ2) is 5.99. The minimum atomic E-state index is -0.368. The van der Waals surface area contributed by atoms with Crippen LogP contribution in [0.1, 0.15) is 12.5 Å². The van der Waals surface area contributed by atoms with Crippen LogP contribution in [0.25, 0.3) is 0 Å². The highest BCUT2D eigenvalue weighted by atomic mass is 16.6. The van der Waals surface area contributed by atoms with Crippen LogP contribution in [-0.4, -0.2) is 42.7 Å². The van der Waals surface area contributed by atoms with E-state index in [4.69, 9.17) is 4.74 Å². The molecule has 104 valence electrons. The Morgan fingerprint density at radius 2 is 2.37 bits per heavy atom. The molecular weight excluding hydrogens is 246 g/mol. The Balaban J connectivity index is 2.14. The predicted molar refractivity (Wildman–Crippen MR) is 73.3 cm³/mol. The Kier molecular flexibility index (Phi) is 4.34. The van der Waals surface area contributed by atoms with Crippen LogP contribution in [0.5, 0.6) is 0 Å². The molecule has 0 radical (unpaired) electrons. The largest absolute Gasteiger partial charge is 0.383 e. The van der Waals surface area contributed by atoms with E-state index in [-0.39, 0.29) is 10.6 Å². The minimum absolute atomic E-state index is 0.112. The second-order valence-electron chi connectivity index (χ2n) is 4.75. The lowest BCUT2D eigenvalue weighted by molar-refractivity contribution is -0.384. The number of nitrogens with one attached hydrogen (secondary N) is 1. The molecule has 1 heterocycles. The van der Waals surface area contributed by atoms with Gasteiger partial charge in [-0.25, -0.2) is 0 Å². The monoisotopic (exact) mass is 265 g/mol. The molecule has 0 saturated carbocycles. The van der Waals surface area contributed by atoms with Crippen LogP contribution in [0.4, 0.5) is 11.4 Å². The number of ether oxygens (including phenoxy) is 1. The molecule has 2 rings (SSSR count). The lowest BCUT2D eigenvalue weighted by Crippen LogP contribution is -2.42. The Hall–Kier alpha value is -1.66. The molecule has 6 nitrogen and oxygen atoms in total. The first-order chi connectivity index (χ1) is 9.11. The summed E-state index contributed by atoms with van der Waals surface area (Å²) in [5, 5.41) is 13.8. The minimum Gasteiger partial charge on any atom is -0.383 e. The maximum absolute atomic E-state index is 10.9. The van der Waals surface area contributed by atoms with Crippen molar-refractivity contribution in [2.24, 2.45) is 0 Å². The van der Waals surface area contributed by atoms with Crippen molar-refractivity contribution >= 4 is 11.4 Å². The van der Waals surface area contributed by atoms with Gasteiger partial charge in [0.25, 0.3) is 5.69 Å². The number of anilines is 1. The van der Waals surface area contributed by atoms with Crippen molar-refractivity contribution in [3.8, 4) is 0 Å². The Bertz CT molecular complexity index is 464. The summed E-state index contributed by atoms with van der Waals surface area (Å²) in [4.78, 5) is 12.8. The van der Waals surface area contributed by atoms with Crippen LogP contribution in [0.15, 0.2) is 18.2 Å². The van der Waals surface area contributed by atoms with Crippen molar-refractivity contribution in [3.63, 3.8) is 0 Å². The van der Waals surface area contributed by atoms with Gasteiger partial charge in [0.15, 0.2) is 0 Å². The molecule has 0 aromatic heterocycles. The SMILES string of the molecule is CNc1cc(CN2CCOCC2C)ccc1[N+](=O)[O-]. The normalized spacial score (nSPS) is 20.2. The summed E-state index contributed by atoms with van der Waals surface area (Å²) in [5.74, 6) is 0. The van der Waals surface area contributed by atoms with Crippen LogP contribution >= 0.6 is 0 Å². The van der Waals surface area contributed by atoms with Crippen LogP contribution in [0, 0.1) is 10.1 Å². The quantitative estimate of drug-likeness (QED) is 0.664. The second-order valence-corrected chi connectivity index (χ2v) is 4.75. The van der Waals surface area contributed by atoms with E-state index < -0.39 is 0 Å². The molecule has 0 spiro atoms. The average Bonchev–Trinajstić information content (AvgIpc) is 2.41. The number of morpholine rings is 1. The molecule has 1 fully saturated rings. The summed E-state index contributed by atoms with van der Waals surface area (Å²) < 4.78 is 5.40. The van der Waals surface area contributed by atoms with Gasteiger partial charge < -0.3 is 10.1 Å². The van der Waals surface area contributed by atoms with Gasteiger partial charge in [0.1, 0.15) is 5.69 Å². The molecule has 1 N–H and O–H groups in total. The fourth-order valence-corrected chi connectivity index (χ4v) is 2.27. The zero-order chi connectivity index (χ0) is 13.8. The third-order valence-corrected chi connectivity index (χ3v) is 3.42. The van der Waals surface area contributed by atoms with Crippen molar-refractivity contribution in [2.45, 2.75) is 19.5 Å². The van der Waals surface area contributed by atoms with E-state index in [2.05, 4.69) is 17.1 Å². The van der Waals surface area contributed by atoms with Gasteiger partial charge in [-0.1, -0.05) is 6.07 Å². The third-order valence-electron chi connectivity index (χ3n) is 3.42. The van der Waals surface area contributed by atoms with Gasteiger partial charge in [0.2, 0.25) is 0 Å². The highest BCUT2D eigenvalue weighted by molar-refractivity contribution is 5.62. The summed E-state index contributed by atoms with van der Waals surface area (Å²) in [6.07, 6.45) is 0. The summed E-state index contributed by atoms with van der Waals surface area (Å²) in [6.45, 7) is 5.30. The maximum atomic E-state index is 10.9. The van der Waals surface area contributed by atoms with Gasteiger partial charge in [0, 0.05) is 32.2 Å². The lowest BCUT2D eigenvalue weighted by Gasteiger charge is -2.33. The van der Waals surface area contributed by atoms with E-state index in [1.807, 2.05) is 12.1 Å². The molecule has 1 aliphatic heterocycles. The first-order valence-electron chi connectivity index (χ1n) is 6.38. The first-order valence-corrected chi connectivity index (χ1v) is 6.38. The number of rotatable bonds is 4. The zero-order valence-corrected chi connectivity index (χ0v) is 11.3. The average molecular weight is 265 g/mol. The third kappa shape index (κ3) is 3.21. The summed E-state index contributed by atoms with van der Waals surface area (Å²) in [5.41, 5.74) is 1.74. The van der Waals surface area contributed by atoms with E-state index in [0.29, 0.717) is 11.7 Å². The number of benzene rings is 1. The summed E-state index contributed by atoms with van der Waals surface area (Å²) in [7, 11) is 1.70. The van der Waals surface area contributed by atoms with E-state index in [1.165, 1.54) is 0 Å².